The molecule has 19 nitrogen and oxygen atoms in total. The van der Waals surface area contributed by atoms with Crippen molar-refractivity contribution in [3.8, 4) is 0 Å². The molecule has 2 saturated heterocycles. The lowest BCUT2D eigenvalue weighted by Gasteiger charge is -2.22. The number of rotatable bonds is 10. The minimum atomic E-state index is -4.95. The van der Waals surface area contributed by atoms with E-state index < -0.39 is 77.1 Å². The van der Waals surface area contributed by atoms with Crippen molar-refractivity contribution in [2.45, 2.75) is 49.7 Å². The summed E-state index contributed by atoms with van der Waals surface area (Å²) >= 11 is 0. The number of hydrogen-bond acceptors (Lipinski definition) is 14. The smallest absolute Gasteiger partial charge is 0.390 e. The number of phosphoric ester groups is 2. The van der Waals surface area contributed by atoms with Crippen LogP contribution in [0.4, 0.5) is 11.6 Å². The summed E-state index contributed by atoms with van der Waals surface area (Å²) in [5.74, 6) is -0.0685. The molecule has 0 bridgehead atoms. The molecule has 4 rings (SSSR count). The van der Waals surface area contributed by atoms with Gasteiger partial charge in [0.15, 0.2) is 0 Å². The summed E-state index contributed by atoms with van der Waals surface area (Å²) in [5, 5.41) is 10.3. The quantitative estimate of drug-likeness (QED) is 0.165. The third-order valence-corrected chi connectivity index (χ3v) is 7.28. The number of phosphoric acid groups is 2. The lowest BCUT2D eigenvalue weighted by Crippen LogP contribution is -2.30. The molecule has 0 amide bonds. The van der Waals surface area contributed by atoms with Crippen molar-refractivity contribution in [3.63, 3.8) is 0 Å². The van der Waals surface area contributed by atoms with E-state index in [2.05, 4.69) is 14.5 Å². The van der Waals surface area contributed by atoms with Gasteiger partial charge in [0.05, 0.1) is 19.3 Å². The van der Waals surface area contributed by atoms with Crippen LogP contribution in [0, 0.1) is 0 Å². The highest BCUT2D eigenvalue weighted by Gasteiger charge is 2.44. The monoisotopic (exact) mass is 596 g/mol. The van der Waals surface area contributed by atoms with Gasteiger partial charge in [0.25, 0.3) is 0 Å². The number of nitrogen functional groups attached to an aromatic ring is 2. The lowest BCUT2D eigenvalue weighted by molar-refractivity contribution is -0.0570. The second kappa shape index (κ2) is 11.5. The standard InChI is InChI=1S/C18H26N6O13P2/c19-13-1-3-23(17(26)21-13)15-5-9(25)11(35-15)7-34-39(31,32)37-10-6-16(24-4-2-14(20)22-18(24)27)36-12(10)8-33-38(28,29)30/h1-4,9-12,15-16,25H,5-8H2,(H,31,32)(H2,19,21,26)(H2,20,22,27)(H2,28,29,30). The molecule has 0 aliphatic carbocycles. The Morgan fingerprint density at radius 2 is 1.41 bits per heavy atom. The number of aliphatic hydroxyl groups is 1. The molecule has 7 atom stereocenters. The van der Waals surface area contributed by atoms with Crippen LogP contribution in [0.25, 0.3) is 0 Å². The molecular weight excluding hydrogens is 570 g/mol. The van der Waals surface area contributed by atoms with Crippen molar-refractivity contribution in [1.82, 2.24) is 19.1 Å². The maximum Gasteiger partial charge on any atom is 0.472 e. The first-order valence-corrected chi connectivity index (χ1v) is 14.3. The first-order valence-electron chi connectivity index (χ1n) is 11.2. The van der Waals surface area contributed by atoms with Crippen LogP contribution in [-0.2, 0) is 32.2 Å². The second-order valence-corrected chi connectivity index (χ2v) is 11.2. The fourth-order valence-electron chi connectivity index (χ4n) is 4.00. The molecule has 2 aromatic rings. The van der Waals surface area contributed by atoms with Crippen LogP contribution >= 0.6 is 15.6 Å². The SMILES string of the molecule is Nc1ccn(C2CC(O)C(COP(=O)(O)OC3CC(n4ccc(N)nc4=O)OC3COP(=O)(O)O)O2)c(=O)n1. The molecule has 8 N–H and O–H groups in total. The maximum absolute atomic E-state index is 12.7. The van der Waals surface area contributed by atoms with Crippen LogP contribution in [0.2, 0.25) is 0 Å². The Balaban J connectivity index is 1.41. The third-order valence-electron chi connectivity index (χ3n) is 5.79. The molecule has 2 fully saturated rings. The van der Waals surface area contributed by atoms with E-state index in [9.17, 15) is 28.7 Å². The van der Waals surface area contributed by atoms with Gasteiger partial charge in [-0.2, -0.15) is 9.97 Å². The normalized spacial score (nSPS) is 28.9. The summed E-state index contributed by atoms with van der Waals surface area (Å²) < 4.78 is 51.8. The van der Waals surface area contributed by atoms with Crippen LogP contribution in [0.1, 0.15) is 25.3 Å². The fraction of sp³-hybridized carbons (Fsp3) is 0.556. The number of aliphatic hydroxyl groups excluding tert-OH is 1. The number of nitrogens with zero attached hydrogens (tertiary/aromatic N) is 4. The van der Waals surface area contributed by atoms with Gasteiger partial charge in [-0.3, -0.25) is 22.7 Å². The average Bonchev–Trinajstić information content (AvgIpc) is 3.38. The Bertz CT molecular complexity index is 1400. The highest BCUT2D eigenvalue weighted by molar-refractivity contribution is 7.47. The number of nitrogens with two attached hydrogens (primary N) is 2. The van der Waals surface area contributed by atoms with E-state index in [1.807, 2.05) is 0 Å². The third kappa shape index (κ3) is 7.56. The van der Waals surface area contributed by atoms with Gasteiger partial charge >= 0.3 is 27.0 Å². The first kappa shape index (κ1) is 29.4. The summed E-state index contributed by atoms with van der Waals surface area (Å²) in [6.07, 6.45) is -4.77. The highest BCUT2D eigenvalue weighted by Crippen LogP contribution is 2.49. The molecule has 21 heteroatoms. The van der Waals surface area contributed by atoms with Crippen molar-refractivity contribution in [3.05, 3.63) is 45.5 Å². The van der Waals surface area contributed by atoms with E-state index in [4.69, 9.17) is 39.8 Å². The summed E-state index contributed by atoms with van der Waals surface area (Å²) in [6, 6.07) is 2.66. The zero-order valence-corrected chi connectivity index (χ0v) is 21.7. The van der Waals surface area contributed by atoms with E-state index in [1.165, 1.54) is 24.5 Å². The molecule has 0 saturated carbocycles. The Kier molecular flexibility index (Phi) is 8.70. The Hall–Kier alpha value is -2.54. The number of ether oxygens (including phenoxy) is 2. The minimum Gasteiger partial charge on any atom is -0.390 e. The molecule has 2 aliphatic rings. The van der Waals surface area contributed by atoms with Crippen LogP contribution < -0.4 is 22.8 Å². The maximum atomic E-state index is 12.7. The van der Waals surface area contributed by atoms with Crippen molar-refractivity contribution in [2.24, 2.45) is 0 Å². The van der Waals surface area contributed by atoms with Gasteiger partial charge in [0, 0.05) is 25.2 Å². The Morgan fingerprint density at radius 1 is 0.897 bits per heavy atom. The van der Waals surface area contributed by atoms with E-state index in [1.54, 1.807) is 0 Å². The van der Waals surface area contributed by atoms with Crippen LogP contribution in [-0.4, -0.2) is 76.5 Å². The van der Waals surface area contributed by atoms with E-state index in [-0.39, 0.29) is 24.5 Å². The van der Waals surface area contributed by atoms with Gasteiger partial charge in [0.1, 0.15) is 42.4 Å². The topological polar surface area (TPSA) is 283 Å². The summed E-state index contributed by atoms with van der Waals surface area (Å²) in [6.45, 7) is -1.40. The Labute approximate surface area is 218 Å². The first-order chi connectivity index (χ1) is 18.2. The molecule has 7 unspecified atom stereocenters. The molecular formula is C18H26N6O13P2. The summed E-state index contributed by atoms with van der Waals surface area (Å²) in [4.78, 5) is 59.7. The number of hydrogen-bond donors (Lipinski definition) is 6. The average molecular weight is 596 g/mol. The van der Waals surface area contributed by atoms with Crippen molar-refractivity contribution in [2.75, 3.05) is 24.7 Å². The minimum absolute atomic E-state index is 0.00629. The summed E-state index contributed by atoms with van der Waals surface area (Å²) in [5.41, 5.74) is 9.40. The van der Waals surface area contributed by atoms with Crippen LogP contribution in [0.15, 0.2) is 34.1 Å². The van der Waals surface area contributed by atoms with Crippen molar-refractivity contribution < 1.29 is 52.0 Å². The van der Waals surface area contributed by atoms with Gasteiger partial charge < -0.3 is 40.7 Å². The Morgan fingerprint density at radius 3 is 1.95 bits per heavy atom. The molecule has 0 spiro atoms. The lowest BCUT2D eigenvalue weighted by atomic mass is 10.2. The van der Waals surface area contributed by atoms with E-state index in [0.29, 0.717) is 0 Å². The molecule has 39 heavy (non-hydrogen) atoms. The van der Waals surface area contributed by atoms with Crippen molar-refractivity contribution in [1.29, 1.82) is 0 Å². The molecule has 216 valence electrons. The fourth-order valence-corrected chi connectivity index (χ4v) is 5.30. The van der Waals surface area contributed by atoms with Gasteiger partial charge in [-0.25, -0.2) is 18.7 Å². The largest absolute Gasteiger partial charge is 0.472 e. The predicted octanol–water partition coefficient (Wildman–Crippen LogP) is -1.79. The zero-order chi connectivity index (χ0) is 28.5. The number of aromatic nitrogens is 4. The van der Waals surface area contributed by atoms with Gasteiger partial charge in [-0.1, -0.05) is 0 Å². The van der Waals surface area contributed by atoms with Gasteiger partial charge in [0.2, 0.25) is 0 Å². The van der Waals surface area contributed by atoms with Crippen LogP contribution in [0.3, 0.4) is 0 Å². The molecule has 2 aromatic heterocycles. The molecule has 4 heterocycles. The van der Waals surface area contributed by atoms with Gasteiger partial charge in [-0.15, -0.1) is 0 Å². The van der Waals surface area contributed by atoms with Gasteiger partial charge in [-0.05, 0) is 12.1 Å². The van der Waals surface area contributed by atoms with Crippen molar-refractivity contribution >= 4 is 27.3 Å². The van der Waals surface area contributed by atoms with E-state index in [0.717, 1.165) is 9.13 Å². The second-order valence-electron chi connectivity index (χ2n) is 8.58. The molecule has 0 radical (unpaired) electrons. The highest BCUT2D eigenvalue weighted by atomic mass is 31.2. The predicted molar refractivity (Wildman–Crippen MR) is 128 cm³/mol. The zero-order valence-electron chi connectivity index (χ0n) is 19.9. The molecule has 0 aromatic carbocycles. The van der Waals surface area contributed by atoms with E-state index >= 15 is 0 Å². The molecule has 2 aliphatic heterocycles. The number of anilines is 2. The van der Waals surface area contributed by atoms with Crippen LogP contribution in [0.5, 0.6) is 0 Å². The summed E-state index contributed by atoms with van der Waals surface area (Å²) in [7, 11) is -9.86.